The molecule has 19 heavy (non-hydrogen) atoms. The predicted molar refractivity (Wildman–Crippen MR) is 75.3 cm³/mol. The van der Waals surface area contributed by atoms with Crippen molar-refractivity contribution < 1.29 is 13.9 Å². The number of aryl methyl sites for hydroxylation is 1. The van der Waals surface area contributed by atoms with Crippen molar-refractivity contribution >= 4 is 21.7 Å². The molecule has 2 nitrogen and oxygen atoms in total. The Morgan fingerprint density at radius 3 is 2.53 bits per heavy atom. The van der Waals surface area contributed by atoms with Crippen LogP contribution in [0.3, 0.4) is 0 Å². The molecule has 0 saturated carbocycles. The van der Waals surface area contributed by atoms with Gasteiger partial charge in [0.05, 0.1) is 7.11 Å². The number of carbonyl (C=O) groups is 1. The highest BCUT2D eigenvalue weighted by molar-refractivity contribution is 9.10. The molecule has 0 aliphatic carbocycles. The molecule has 0 amide bonds. The first-order valence-electron chi connectivity index (χ1n) is 5.67. The second-order valence-corrected chi connectivity index (χ2v) is 5.05. The van der Waals surface area contributed by atoms with Crippen molar-refractivity contribution in [2.24, 2.45) is 0 Å². The summed E-state index contributed by atoms with van der Waals surface area (Å²) >= 11 is 3.34. The van der Waals surface area contributed by atoms with E-state index in [0.29, 0.717) is 11.1 Å². The number of ketones is 1. The first-order chi connectivity index (χ1) is 9.02. The third-order valence-electron chi connectivity index (χ3n) is 2.85. The Bertz CT molecular complexity index is 638. The topological polar surface area (TPSA) is 26.3 Å². The highest BCUT2D eigenvalue weighted by Gasteiger charge is 2.14. The van der Waals surface area contributed by atoms with Gasteiger partial charge >= 0.3 is 0 Å². The molecule has 0 fully saturated rings. The highest BCUT2D eigenvalue weighted by atomic mass is 79.9. The summed E-state index contributed by atoms with van der Waals surface area (Å²) in [6, 6.07) is 9.59. The molecular formula is C15H12BrFO2. The van der Waals surface area contributed by atoms with Gasteiger partial charge in [-0.25, -0.2) is 4.39 Å². The fourth-order valence-electron chi connectivity index (χ4n) is 1.84. The van der Waals surface area contributed by atoms with Crippen LogP contribution >= 0.6 is 15.9 Å². The lowest BCUT2D eigenvalue weighted by Crippen LogP contribution is -2.04. The van der Waals surface area contributed by atoms with Gasteiger partial charge < -0.3 is 4.74 Å². The number of methoxy groups -OCH3 is 1. The SMILES string of the molecule is COc1ccc(C(=O)c2ccc(Br)cc2C)cc1F. The van der Waals surface area contributed by atoms with E-state index in [1.807, 2.05) is 13.0 Å². The smallest absolute Gasteiger partial charge is 0.193 e. The maximum absolute atomic E-state index is 13.6. The van der Waals surface area contributed by atoms with E-state index in [9.17, 15) is 9.18 Å². The number of benzene rings is 2. The van der Waals surface area contributed by atoms with Crippen LogP contribution in [0.2, 0.25) is 0 Å². The first kappa shape index (κ1) is 13.7. The monoisotopic (exact) mass is 322 g/mol. The molecule has 0 atom stereocenters. The maximum Gasteiger partial charge on any atom is 0.193 e. The Morgan fingerprint density at radius 1 is 1.21 bits per heavy atom. The van der Waals surface area contributed by atoms with Crippen LogP contribution in [-0.4, -0.2) is 12.9 Å². The van der Waals surface area contributed by atoms with Crippen molar-refractivity contribution in [2.75, 3.05) is 7.11 Å². The van der Waals surface area contributed by atoms with Gasteiger partial charge in [-0.15, -0.1) is 0 Å². The molecule has 0 aliphatic heterocycles. The average molecular weight is 323 g/mol. The molecule has 2 aromatic carbocycles. The van der Waals surface area contributed by atoms with Crippen LogP contribution in [0, 0.1) is 12.7 Å². The van der Waals surface area contributed by atoms with Crippen LogP contribution in [0.1, 0.15) is 21.5 Å². The molecule has 0 bridgehead atoms. The average Bonchev–Trinajstić information content (AvgIpc) is 2.38. The second kappa shape index (κ2) is 5.53. The van der Waals surface area contributed by atoms with Crippen LogP contribution in [0.5, 0.6) is 5.75 Å². The third-order valence-corrected chi connectivity index (χ3v) is 3.34. The first-order valence-corrected chi connectivity index (χ1v) is 6.46. The molecule has 0 N–H and O–H groups in total. The standard InChI is InChI=1S/C15H12BrFO2/c1-9-7-11(16)4-5-12(9)15(18)10-3-6-14(19-2)13(17)8-10/h3-8H,1-2H3. The number of hydrogen-bond acceptors (Lipinski definition) is 2. The molecule has 0 radical (unpaired) electrons. The zero-order chi connectivity index (χ0) is 14.0. The minimum absolute atomic E-state index is 0.129. The molecule has 0 saturated heterocycles. The summed E-state index contributed by atoms with van der Waals surface area (Å²) in [6.45, 7) is 1.85. The number of rotatable bonds is 3. The van der Waals surface area contributed by atoms with E-state index < -0.39 is 5.82 Å². The molecule has 0 unspecified atom stereocenters. The predicted octanol–water partition coefficient (Wildman–Crippen LogP) is 4.14. The molecule has 4 heteroatoms. The molecule has 0 aromatic heterocycles. The minimum atomic E-state index is -0.539. The summed E-state index contributed by atoms with van der Waals surface area (Å²) < 4.78 is 19.3. The minimum Gasteiger partial charge on any atom is -0.494 e. The molecular weight excluding hydrogens is 311 g/mol. The van der Waals surface area contributed by atoms with Crippen LogP contribution < -0.4 is 4.74 Å². The number of carbonyl (C=O) groups excluding carboxylic acids is 1. The fraction of sp³-hybridized carbons (Fsp3) is 0.133. The van der Waals surface area contributed by atoms with E-state index in [1.54, 1.807) is 18.2 Å². The molecule has 2 aromatic rings. The Kier molecular flexibility index (Phi) is 4.00. The third kappa shape index (κ3) is 2.84. The lowest BCUT2D eigenvalue weighted by Gasteiger charge is -2.07. The van der Waals surface area contributed by atoms with Crippen LogP contribution in [0.15, 0.2) is 40.9 Å². The molecule has 98 valence electrons. The van der Waals surface area contributed by atoms with Crippen molar-refractivity contribution in [3.63, 3.8) is 0 Å². The number of ether oxygens (including phenoxy) is 1. The van der Waals surface area contributed by atoms with Crippen molar-refractivity contribution in [3.05, 3.63) is 63.4 Å². The van der Waals surface area contributed by atoms with Gasteiger partial charge in [-0.3, -0.25) is 4.79 Å². The Labute approximate surface area is 119 Å². The summed E-state index contributed by atoms with van der Waals surface area (Å²) in [5, 5.41) is 0. The van der Waals surface area contributed by atoms with Crippen LogP contribution in [0.25, 0.3) is 0 Å². The zero-order valence-corrected chi connectivity index (χ0v) is 12.1. The normalized spacial score (nSPS) is 10.3. The van der Waals surface area contributed by atoms with E-state index >= 15 is 0 Å². The Balaban J connectivity index is 2.41. The van der Waals surface area contributed by atoms with Gasteiger partial charge in [0.2, 0.25) is 0 Å². The summed E-state index contributed by atoms with van der Waals surface area (Å²) in [4.78, 5) is 12.3. The van der Waals surface area contributed by atoms with Gasteiger partial charge in [0.15, 0.2) is 17.3 Å². The molecule has 0 aliphatic rings. The lowest BCUT2D eigenvalue weighted by molar-refractivity contribution is 0.103. The molecule has 0 heterocycles. The van der Waals surface area contributed by atoms with Crippen molar-refractivity contribution in [2.45, 2.75) is 6.92 Å². The highest BCUT2D eigenvalue weighted by Crippen LogP contribution is 2.22. The molecule has 2 rings (SSSR count). The van der Waals surface area contributed by atoms with E-state index in [4.69, 9.17) is 4.74 Å². The number of halogens is 2. The van der Waals surface area contributed by atoms with E-state index in [0.717, 1.165) is 10.0 Å². The van der Waals surface area contributed by atoms with Gasteiger partial charge in [-0.2, -0.15) is 0 Å². The van der Waals surface area contributed by atoms with Crippen molar-refractivity contribution in [1.82, 2.24) is 0 Å². The fourth-order valence-corrected chi connectivity index (χ4v) is 2.32. The van der Waals surface area contributed by atoms with Crippen molar-refractivity contribution in [3.8, 4) is 5.75 Å². The molecule has 0 spiro atoms. The van der Waals surface area contributed by atoms with E-state index in [2.05, 4.69) is 15.9 Å². The Hall–Kier alpha value is -1.68. The van der Waals surface area contributed by atoms with Gasteiger partial charge in [-0.05, 0) is 48.9 Å². The van der Waals surface area contributed by atoms with Gasteiger partial charge in [0.25, 0.3) is 0 Å². The lowest BCUT2D eigenvalue weighted by atomic mass is 9.99. The maximum atomic E-state index is 13.6. The summed E-state index contributed by atoms with van der Waals surface area (Å²) in [5.41, 5.74) is 1.71. The second-order valence-electron chi connectivity index (χ2n) is 4.14. The van der Waals surface area contributed by atoms with Crippen LogP contribution in [0.4, 0.5) is 4.39 Å². The van der Waals surface area contributed by atoms with Gasteiger partial charge in [-0.1, -0.05) is 15.9 Å². The summed E-state index contributed by atoms with van der Waals surface area (Å²) in [5.74, 6) is -0.612. The summed E-state index contributed by atoms with van der Waals surface area (Å²) in [7, 11) is 1.39. The quantitative estimate of drug-likeness (QED) is 0.794. The van der Waals surface area contributed by atoms with E-state index in [1.165, 1.54) is 19.2 Å². The largest absolute Gasteiger partial charge is 0.494 e. The summed E-state index contributed by atoms with van der Waals surface area (Å²) in [6.07, 6.45) is 0. The Morgan fingerprint density at radius 2 is 1.95 bits per heavy atom. The van der Waals surface area contributed by atoms with E-state index in [-0.39, 0.29) is 11.5 Å². The number of hydrogen-bond donors (Lipinski definition) is 0. The zero-order valence-electron chi connectivity index (χ0n) is 10.5. The van der Waals surface area contributed by atoms with Gasteiger partial charge in [0, 0.05) is 15.6 Å². The van der Waals surface area contributed by atoms with Crippen LogP contribution in [-0.2, 0) is 0 Å². The van der Waals surface area contributed by atoms with Crippen molar-refractivity contribution in [1.29, 1.82) is 0 Å². The van der Waals surface area contributed by atoms with Gasteiger partial charge in [0.1, 0.15) is 0 Å².